The molecule has 0 aliphatic heterocycles. The standard InChI is InChI=1S/C18H20O2.C16H14O3/c1-4-7-14-10-11-16(18(19)20-3)17(12-14)15-9-6-5-8-13(15)2;1-11-5-3-4-6-13(11)15-9-12(10-17)7-8-14(15)16(18)19-2/h5-6,8-12H,4,7H2,1-3H3;3-10H,1-2H3. The molecule has 0 bridgehead atoms. The average molecular weight is 523 g/mol. The normalized spacial score (nSPS) is 10.2. The summed E-state index contributed by atoms with van der Waals surface area (Å²) in [5, 5.41) is 0. The van der Waals surface area contributed by atoms with Gasteiger partial charge in [0.15, 0.2) is 0 Å². The van der Waals surface area contributed by atoms with Crippen molar-refractivity contribution in [3.05, 3.63) is 118 Å². The van der Waals surface area contributed by atoms with Crippen LogP contribution in [0.4, 0.5) is 0 Å². The number of hydrogen-bond donors (Lipinski definition) is 0. The van der Waals surface area contributed by atoms with Gasteiger partial charge in [-0.15, -0.1) is 0 Å². The van der Waals surface area contributed by atoms with Crippen molar-refractivity contribution < 1.29 is 23.9 Å². The molecule has 0 amide bonds. The first-order valence-corrected chi connectivity index (χ1v) is 12.8. The Morgan fingerprint density at radius 1 is 0.667 bits per heavy atom. The fraction of sp³-hybridized carbons (Fsp3) is 0.206. The summed E-state index contributed by atoms with van der Waals surface area (Å²) in [6.07, 6.45) is 2.87. The Morgan fingerprint density at radius 3 is 1.62 bits per heavy atom. The van der Waals surface area contributed by atoms with E-state index in [-0.39, 0.29) is 5.97 Å². The second kappa shape index (κ2) is 13.9. The summed E-state index contributed by atoms with van der Waals surface area (Å²) in [4.78, 5) is 34.7. The number of carbonyl (C=O) groups is 3. The smallest absolute Gasteiger partial charge is 0.338 e. The van der Waals surface area contributed by atoms with Gasteiger partial charge in [0.25, 0.3) is 0 Å². The van der Waals surface area contributed by atoms with Crippen LogP contribution in [0, 0.1) is 13.8 Å². The van der Waals surface area contributed by atoms with E-state index < -0.39 is 5.97 Å². The molecule has 0 heterocycles. The van der Waals surface area contributed by atoms with Crippen molar-refractivity contribution in [1.29, 1.82) is 0 Å². The van der Waals surface area contributed by atoms with Gasteiger partial charge in [0.1, 0.15) is 6.29 Å². The molecule has 0 saturated heterocycles. The summed E-state index contributed by atoms with van der Waals surface area (Å²) in [5.74, 6) is -0.693. The van der Waals surface area contributed by atoms with Gasteiger partial charge in [0.05, 0.1) is 25.3 Å². The molecule has 0 spiro atoms. The number of aldehydes is 1. The lowest BCUT2D eigenvalue weighted by atomic mass is 9.93. The van der Waals surface area contributed by atoms with E-state index in [2.05, 4.69) is 26.0 Å². The summed E-state index contributed by atoms with van der Waals surface area (Å²) in [6, 6.07) is 26.8. The van der Waals surface area contributed by atoms with Crippen molar-refractivity contribution >= 4 is 18.2 Å². The van der Waals surface area contributed by atoms with Crippen molar-refractivity contribution in [2.24, 2.45) is 0 Å². The molecule has 4 rings (SSSR count). The highest BCUT2D eigenvalue weighted by Gasteiger charge is 2.16. The third-order valence-electron chi connectivity index (χ3n) is 6.48. The lowest BCUT2D eigenvalue weighted by Gasteiger charge is -2.12. The minimum Gasteiger partial charge on any atom is -0.465 e. The zero-order chi connectivity index (χ0) is 28.4. The highest BCUT2D eigenvalue weighted by atomic mass is 16.5. The number of methoxy groups -OCH3 is 2. The van der Waals surface area contributed by atoms with E-state index in [0.29, 0.717) is 16.7 Å². The number of hydrogen-bond acceptors (Lipinski definition) is 5. The molecule has 4 aromatic rings. The Hall–Kier alpha value is -4.51. The monoisotopic (exact) mass is 522 g/mol. The predicted octanol–water partition coefficient (Wildman–Crippen LogP) is 7.66. The molecule has 0 aliphatic rings. The maximum atomic E-state index is 12.0. The lowest BCUT2D eigenvalue weighted by molar-refractivity contribution is 0.0592. The maximum absolute atomic E-state index is 12.0. The van der Waals surface area contributed by atoms with E-state index >= 15 is 0 Å². The minimum atomic E-state index is -0.407. The van der Waals surface area contributed by atoms with Gasteiger partial charge in [0, 0.05) is 5.56 Å². The van der Waals surface area contributed by atoms with Crippen LogP contribution in [0.2, 0.25) is 0 Å². The summed E-state index contributed by atoms with van der Waals surface area (Å²) in [6.45, 7) is 6.18. The molecule has 0 saturated carbocycles. The van der Waals surface area contributed by atoms with E-state index in [1.54, 1.807) is 18.2 Å². The van der Waals surface area contributed by atoms with Crippen molar-refractivity contribution in [1.82, 2.24) is 0 Å². The summed E-state index contributed by atoms with van der Waals surface area (Å²) in [7, 11) is 2.77. The molecule has 0 aliphatic carbocycles. The van der Waals surface area contributed by atoms with Gasteiger partial charge < -0.3 is 9.47 Å². The van der Waals surface area contributed by atoms with Crippen molar-refractivity contribution in [3.63, 3.8) is 0 Å². The Bertz CT molecular complexity index is 1470. The first-order chi connectivity index (χ1) is 18.8. The minimum absolute atomic E-state index is 0.286. The van der Waals surface area contributed by atoms with Crippen LogP contribution in [0.1, 0.15) is 61.1 Å². The zero-order valence-electron chi connectivity index (χ0n) is 23.1. The van der Waals surface area contributed by atoms with Gasteiger partial charge in [-0.2, -0.15) is 0 Å². The summed E-state index contributed by atoms with van der Waals surface area (Å²) < 4.78 is 9.68. The number of carbonyl (C=O) groups excluding carboxylic acids is 3. The molecule has 0 radical (unpaired) electrons. The van der Waals surface area contributed by atoms with Crippen LogP contribution < -0.4 is 0 Å². The van der Waals surface area contributed by atoms with Gasteiger partial charge in [-0.3, -0.25) is 4.79 Å². The molecule has 0 atom stereocenters. The Balaban J connectivity index is 0.000000216. The fourth-order valence-electron chi connectivity index (χ4n) is 4.44. The molecule has 0 unspecified atom stereocenters. The first kappa shape index (κ1) is 29.1. The predicted molar refractivity (Wildman–Crippen MR) is 155 cm³/mol. The Labute approximate surface area is 230 Å². The summed E-state index contributed by atoms with van der Waals surface area (Å²) >= 11 is 0. The van der Waals surface area contributed by atoms with Gasteiger partial charge in [-0.25, -0.2) is 9.59 Å². The number of esters is 2. The Kier molecular flexibility index (Phi) is 10.3. The molecule has 200 valence electrons. The van der Waals surface area contributed by atoms with Gasteiger partial charge in [0.2, 0.25) is 0 Å². The third-order valence-corrected chi connectivity index (χ3v) is 6.48. The number of benzene rings is 4. The topological polar surface area (TPSA) is 69.7 Å². The summed E-state index contributed by atoms with van der Waals surface area (Å²) in [5.41, 5.74) is 8.75. The zero-order valence-corrected chi connectivity index (χ0v) is 23.1. The molecule has 0 N–H and O–H groups in total. The number of ether oxygens (including phenoxy) is 2. The van der Waals surface area contributed by atoms with Crippen LogP contribution in [-0.4, -0.2) is 32.4 Å². The first-order valence-electron chi connectivity index (χ1n) is 12.8. The molecular formula is C34H34O5. The molecule has 0 aromatic heterocycles. The van der Waals surface area contributed by atoms with E-state index in [1.807, 2.05) is 61.5 Å². The molecule has 5 nitrogen and oxygen atoms in total. The van der Waals surface area contributed by atoms with Gasteiger partial charge in [-0.05, 0) is 77.4 Å². The lowest BCUT2D eigenvalue weighted by Crippen LogP contribution is -2.04. The second-order valence-electron chi connectivity index (χ2n) is 9.17. The SMILES string of the molecule is CCCc1ccc(C(=O)OC)c(-c2ccccc2C)c1.COC(=O)c1ccc(C=O)cc1-c1ccccc1C. The molecular weight excluding hydrogens is 488 g/mol. The largest absolute Gasteiger partial charge is 0.465 e. The van der Waals surface area contributed by atoms with Crippen LogP contribution in [0.5, 0.6) is 0 Å². The molecule has 4 aromatic carbocycles. The van der Waals surface area contributed by atoms with Crippen molar-refractivity contribution in [3.8, 4) is 22.3 Å². The second-order valence-corrected chi connectivity index (χ2v) is 9.17. The molecule has 0 fully saturated rings. The van der Waals surface area contributed by atoms with E-state index in [4.69, 9.17) is 9.47 Å². The Morgan fingerprint density at radius 2 is 1.15 bits per heavy atom. The van der Waals surface area contributed by atoms with Crippen molar-refractivity contribution in [2.45, 2.75) is 33.6 Å². The quantitative estimate of drug-likeness (QED) is 0.184. The van der Waals surface area contributed by atoms with Crippen molar-refractivity contribution in [2.75, 3.05) is 14.2 Å². The van der Waals surface area contributed by atoms with E-state index in [9.17, 15) is 14.4 Å². The average Bonchev–Trinajstić information content (AvgIpc) is 2.97. The fourth-order valence-corrected chi connectivity index (χ4v) is 4.44. The molecule has 39 heavy (non-hydrogen) atoms. The van der Waals surface area contributed by atoms with E-state index in [0.717, 1.165) is 52.5 Å². The van der Waals surface area contributed by atoms with Crippen LogP contribution >= 0.6 is 0 Å². The van der Waals surface area contributed by atoms with Crippen LogP contribution in [0.3, 0.4) is 0 Å². The highest BCUT2D eigenvalue weighted by molar-refractivity contribution is 5.99. The van der Waals surface area contributed by atoms with Gasteiger partial charge in [-0.1, -0.05) is 80.1 Å². The highest BCUT2D eigenvalue weighted by Crippen LogP contribution is 2.30. The third kappa shape index (κ3) is 7.08. The maximum Gasteiger partial charge on any atom is 0.338 e. The van der Waals surface area contributed by atoms with Crippen LogP contribution in [0.15, 0.2) is 84.9 Å². The molecule has 5 heteroatoms. The van der Waals surface area contributed by atoms with Crippen LogP contribution in [0.25, 0.3) is 22.3 Å². The van der Waals surface area contributed by atoms with Crippen LogP contribution in [-0.2, 0) is 15.9 Å². The number of rotatable bonds is 7. The van der Waals surface area contributed by atoms with Gasteiger partial charge >= 0.3 is 11.9 Å². The van der Waals surface area contributed by atoms with E-state index in [1.165, 1.54) is 19.8 Å². The number of aryl methyl sites for hydroxylation is 3.